The number of hydrogen-bond acceptors (Lipinski definition) is 6. The Kier molecular flexibility index (Phi) is 4.67. The highest BCUT2D eigenvalue weighted by molar-refractivity contribution is 5.74. The lowest BCUT2D eigenvalue weighted by atomic mass is 10.3. The normalized spacial score (nSPS) is 12.8. The molecule has 22 heavy (non-hydrogen) atoms. The maximum Gasteiger partial charge on any atom is 0.332 e. The largest absolute Gasteiger partial charge is 0.394 e. The van der Waals surface area contributed by atoms with Crippen LogP contribution < -0.4 is 16.6 Å². The Morgan fingerprint density at radius 1 is 1.27 bits per heavy atom. The number of anilines is 1. The molecule has 0 fully saturated rings. The minimum atomic E-state index is -1.03. The topological polar surface area (TPSA) is 114 Å². The fraction of sp³-hybridized carbons (Fsp3) is 0.615. The lowest BCUT2D eigenvalue weighted by Gasteiger charge is -2.13. The predicted octanol–water partition coefficient (Wildman–Crippen LogP) is -1.39. The second-order valence-electron chi connectivity index (χ2n) is 5.19. The van der Waals surface area contributed by atoms with Crippen molar-refractivity contribution in [1.29, 1.82) is 0 Å². The van der Waals surface area contributed by atoms with E-state index in [0.717, 1.165) is 11.0 Å². The third kappa shape index (κ3) is 2.64. The van der Waals surface area contributed by atoms with Gasteiger partial charge in [0.05, 0.1) is 19.3 Å². The number of fused-ring (bicyclic) bond motifs is 1. The highest BCUT2D eigenvalue weighted by atomic mass is 16.3. The summed E-state index contributed by atoms with van der Waals surface area (Å²) in [7, 11) is 2.93. The molecule has 0 saturated heterocycles. The van der Waals surface area contributed by atoms with Gasteiger partial charge < -0.3 is 20.1 Å². The predicted molar refractivity (Wildman–Crippen MR) is 82.1 cm³/mol. The molecule has 0 aliphatic rings. The summed E-state index contributed by atoms with van der Waals surface area (Å²) in [6, 6.07) is 0. The molecule has 0 spiro atoms. The minimum Gasteiger partial charge on any atom is -0.394 e. The molecular formula is C13H21N5O4. The molecule has 9 nitrogen and oxygen atoms in total. The summed E-state index contributed by atoms with van der Waals surface area (Å²) in [5.41, 5.74) is -0.486. The van der Waals surface area contributed by atoms with Crippen LogP contribution in [0.3, 0.4) is 0 Å². The van der Waals surface area contributed by atoms with Crippen LogP contribution in [0.2, 0.25) is 0 Å². The monoisotopic (exact) mass is 311 g/mol. The molecule has 0 aromatic carbocycles. The third-order valence-electron chi connectivity index (χ3n) is 3.49. The summed E-state index contributed by atoms with van der Waals surface area (Å²) in [4.78, 5) is 28.7. The van der Waals surface area contributed by atoms with Crippen LogP contribution in [-0.4, -0.2) is 48.2 Å². The smallest absolute Gasteiger partial charge is 0.332 e. The molecule has 0 radical (unpaired) electrons. The van der Waals surface area contributed by atoms with Crippen LogP contribution >= 0.6 is 0 Å². The maximum absolute atomic E-state index is 12.4. The van der Waals surface area contributed by atoms with Crippen LogP contribution in [0.25, 0.3) is 11.2 Å². The molecule has 2 aromatic rings. The summed E-state index contributed by atoms with van der Waals surface area (Å²) in [6.07, 6.45) is -0.176. The summed E-state index contributed by atoms with van der Waals surface area (Å²) in [5.74, 6) is 0.391. The molecule has 0 amide bonds. The number of hydrogen-bond donors (Lipinski definition) is 3. The Labute approximate surface area is 126 Å². The molecule has 0 unspecified atom stereocenters. The van der Waals surface area contributed by atoms with E-state index in [1.54, 1.807) is 0 Å². The van der Waals surface area contributed by atoms with Gasteiger partial charge in [0.1, 0.15) is 0 Å². The SMILES string of the molecule is CCCNc1nc2c(c(=O)n(C)c(=O)n2C)n1C[C@H](O)CO. The number of aliphatic hydroxyl groups excluding tert-OH is 2. The first-order valence-corrected chi connectivity index (χ1v) is 7.11. The van der Waals surface area contributed by atoms with Crippen LogP contribution in [0, 0.1) is 0 Å². The zero-order valence-corrected chi connectivity index (χ0v) is 12.9. The van der Waals surface area contributed by atoms with Crippen LogP contribution in [0.1, 0.15) is 13.3 Å². The Balaban J connectivity index is 2.75. The highest BCUT2D eigenvalue weighted by Crippen LogP contribution is 2.16. The standard InChI is InChI=1S/C13H21N5O4/c1-4-5-14-12-15-10-9(18(12)6-8(20)7-19)11(21)17(3)13(22)16(10)2/h8,19-20H,4-7H2,1-3H3,(H,14,15)/t8-/m0/s1. The number of aliphatic hydroxyl groups is 2. The van der Waals surface area contributed by atoms with Crippen molar-refractivity contribution in [2.75, 3.05) is 18.5 Å². The van der Waals surface area contributed by atoms with Gasteiger partial charge in [-0.1, -0.05) is 6.92 Å². The molecule has 9 heteroatoms. The molecule has 1 atom stereocenters. The van der Waals surface area contributed by atoms with Crippen LogP contribution in [-0.2, 0) is 20.6 Å². The number of aromatic nitrogens is 4. The fourth-order valence-electron chi connectivity index (χ4n) is 2.26. The van der Waals surface area contributed by atoms with Crippen molar-refractivity contribution in [3.8, 4) is 0 Å². The number of aryl methyl sites for hydroxylation is 1. The first-order chi connectivity index (χ1) is 10.4. The van der Waals surface area contributed by atoms with Gasteiger partial charge in [-0.3, -0.25) is 13.9 Å². The minimum absolute atomic E-state index is 0.00644. The van der Waals surface area contributed by atoms with Crippen molar-refractivity contribution in [1.82, 2.24) is 18.7 Å². The van der Waals surface area contributed by atoms with E-state index in [-0.39, 0.29) is 17.7 Å². The fourth-order valence-corrected chi connectivity index (χ4v) is 2.26. The molecule has 0 bridgehead atoms. The quantitative estimate of drug-likeness (QED) is 0.605. The maximum atomic E-state index is 12.4. The second-order valence-corrected chi connectivity index (χ2v) is 5.19. The molecule has 122 valence electrons. The number of nitrogens with one attached hydrogen (secondary N) is 1. The van der Waals surface area contributed by atoms with E-state index < -0.39 is 24.0 Å². The Morgan fingerprint density at radius 2 is 1.95 bits per heavy atom. The van der Waals surface area contributed by atoms with E-state index in [4.69, 9.17) is 5.11 Å². The van der Waals surface area contributed by atoms with Gasteiger partial charge in [0.2, 0.25) is 5.95 Å². The van der Waals surface area contributed by atoms with Gasteiger partial charge in [-0.25, -0.2) is 4.79 Å². The van der Waals surface area contributed by atoms with E-state index in [1.165, 1.54) is 23.2 Å². The van der Waals surface area contributed by atoms with E-state index in [1.807, 2.05) is 6.92 Å². The van der Waals surface area contributed by atoms with Gasteiger partial charge in [-0.15, -0.1) is 0 Å². The third-order valence-corrected chi connectivity index (χ3v) is 3.49. The van der Waals surface area contributed by atoms with Crippen molar-refractivity contribution in [2.45, 2.75) is 26.0 Å². The first-order valence-electron chi connectivity index (χ1n) is 7.11. The lowest BCUT2D eigenvalue weighted by molar-refractivity contribution is 0.0824. The van der Waals surface area contributed by atoms with E-state index in [0.29, 0.717) is 12.5 Å². The molecule has 2 heterocycles. The van der Waals surface area contributed by atoms with E-state index in [9.17, 15) is 14.7 Å². The number of nitrogens with zero attached hydrogens (tertiary/aromatic N) is 4. The van der Waals surface area contributed by atoms with Crippen molar-refractivity contribution in [3.63, 3.8) is 0 Å². The highest BCUT2D eigenvalue weighted by Gasteiger charge is 2.20. The average Bonchev–Trinajstić information content (AvgIpc) is 2.87. The summed E-state index contributed by atoms with van der Waals surface area (Å²) in [6.45, 7) is 2.19. The van der Waals surface area contributed by atoms with Gasteiger partial charge in [0.15, 0.2) is 11.2 Å². The van der Waals surface area contributed by atoms with Gasteiger partial charge in [0.25, 0.3) is 5.56 Å². The van der Waals surface area contributed by atoms with Crippen LogP contribution in [0.5, 0.6) is 0 Å². The van der Waals surface area contributed by atoms with Crippen LogP contribution in [0.4, 0.5) is 5.95 Å². The van der Waals surface area contributed by atoms with Crippen molar-refractivity contribution < 1.29 is 10.2 Å². The Morgan fingerprint density at radius 3 is 2.55 bits per heavy atom. The molecular weight excluding hydrogens is 290 g/mol. The van der Waals surface area contributed by atoms with E-state index >= 15 is 0 Å². The first kappa shape index (κ1) is 16.2. The van der Waals surface area contributed by atoms with Crippen molar-refractivity contribution in [3.05, 3.63) is 20.8 Å². The molecule has 0 aliphatic carbocycles. The molecule has 2 aromatic heterocycles. The summed E-state index contributed by atoms with van der Waals surface area (Å²) >= 11 is 0. The second kappa shape index (κ2) is 6.32. The summed E-state index contributed by atoms with van der Waals surface area (Å²) < 4.78 is 3.79. The van der Waals surface area contributed by atoms with Gasteiger partial charge >= 0.3 is 5.69 Å². The van der Waals surface area contributed by atoms with Gasteiger partial charge in [-0.2, -0.15) is 4.98 Å². The Bertz CT molecular complexity index is 788. The molecule has 0 aliphatic heterocycles. The number of imidazole rings is 1. The number of rotatable bonds is 6. The Hall–Kier alpha value is -2.13. The van der Waals surface area contributed by atoms with Crippen molar-refractivity contribution in [2.24, 2.45) is 14.1 Å². The average molecular weight is 311 g/mol. The molecule has 3 N–H and O–H groups in total. The van der Waals surface area contributed by atoms with Crippen LogP contribution in [0.15, 0.2) is 9.59 Å². The lowest BCUT2D eigenvalue weighted by Crippen LogP contribution is -2.38. The van der Waals surface area contributed by atoms with Crippen molar-refractivity contribution >= 4 is 17.1 Å². The zero-order valence-electron chi connectivity index (χ0n) is 12.9. The molecule has 0 saturated carbocycles. The van der Waals surface area contributed by atoms with Gasteiger partial charge in [0, 0.05) is 20.6 Å². The van der Waals surface area contributed by atoms with Gasteiger partial charge in [-0.05, 0) is 6.42 Å². The zero-order chi connectivity index (χ0) is 16.4. The summed E-state index contributed by atoms with van der Waals surface area (Å²) in [5, 5.41) is 21.8. The molecule has 2 rings (SSSR count). The van der Waals surface area contributed by atoms with E-state index in [2.05, 4.69) is 10.3 Å².